The number of phenolic OH excluding ortho intramolecular Hbond substituents is 2. The summed E-state index contributed by atoms with van der Waals surface area (Å²) in [5.74, 6) is -1.25. The number of carboxylic acids is 1. The second kappa shape index (κ2) is 5.37. The summed E-state index contributed by atoms with van der Waals surface area (Å²) < 4.78 is 0. The minimum absolute atomic E-state index is 0.0435. The Morgan fingerprint density at radius 2 is 2.00 bits per heavy atom. The largest absolute Gasteiger partial charge is 0.504 e. The van der Waals surface area contributed by atoms with Gasteiger partial charge in [0.1, 0.15) is 0 Å². The van der Waals surface area contributed by atoms with Crippen molar-refractivity contribution in [3.05, 3.63) is 23.8 Å². The van der Waals surface area contributed by atoms with Crippen LogP contribution in [-0.2, 0) is 11.3 Å². The third-order valence-electron chi connectivity index (χ3n) is 2.25. The highest BCUT2D eigenvalue weighted by Crippen LogP contribution is 2.25. The Bertz CT molecular complexity index is 378. The van der Waals surface area contributed by atoms with Gasteiger partial charge in [-0.3, -0.25) is 9.69 Å². The molecular weight excluding hydrogens is 210 g/mol. The molecule has 0 fully saturated rings. The molecule has 0 spiro atoms. The maximum absolute atomic E-state index is 10.5. The molecule has 0 saturated heterocycles. The maximum Gasteiger partial charge on any atom is 0.317 e. The second-order valence-corrected chi connectivity index (χ2v) is 3.52. The minimum Gasteiger partial charge on any atom is -0.504 e. The van der Waals surface area contributed by atoms with E-state index in [9.17, 15) is 9.90 Å². The van der Waals surface area contributed by atoms with Gasteiger partial charge in [-0.1, -0.05) is 13.0 Å². The van der Waals surface area contributed by atoms with Crippen LogP contribution in [-0.4, -0.2) is 39.3 Å². The summed E-state index contributed by atoms with van der Waals surface area (Å²) in [4.78, 5) is 12.3. The molecule has 5 heteroatoms. The molecule has 0 heterocycles. The molecule has 0 saturated carbocycles. The number of likely N-dealkylation sites (N-methyl/N-ethyl adjacent to an activating group) is 1. The van der Waals surface area contributed by atoms with Gasteiger partial charge in [0.25, 0.3) is 0 Å². The Labute approximate surface area is 93.6 Å². The number of rotatable bonds is 5. The van der Waals surface area contributed by atoms with Crippen LogP contribution >= 0.6 is 0 Å². The first-order valence-corrected chi connectivity index (χ1v) is 4.98. The molecule has 88 valence electrons. The predicted octanol–water partition coefficient (Wildman–Crippen LogP) is 1.00. The Balaban J connectivity index is 2.70. The molecule has 0 aliphatic rings. The van der Waals surface area contributed by atoms with Crippen molar-refractivity contribution in [2.45, 2.75) is 13.5 Å². The van der Waals surface area contributed by atoms with Crippen LogP contribution in [0.1, 0.15) is 12.5 Å². The number of aliphatic carboxylic acids is 1. The highest BCUT2D eigenvalue weighted by atomic mass is 16.4. The van der Waals surface area contributed by atoms with E-state index in [-0.39, 0.29) is 18.0 Å². The zero-order chi connectivity index (χ0) is 12.1. The van der Waals surface area contributed by atoms with Crippen molar-refractivity contribution in [3.8, 4) is 11.5 Å². The van der Waals surface area contributed by atoms with Crippen molar-refractivity contribution in [1.29, 1.82) is 0 Å². The molecule has 1 aromatic carbocycles. The van der Waals surface area contributed by atoms with Crippen LogP contribution in [0.15, 0.2) is 18.2 Å². The number of carbonyl (C=O) groups is 1. The highest BCUT2D eigenvalue weighted by Gasteiger charge is 2.09. The summed E-state index contributed by atoms with van der Waals surface area (Å²) in [6.07, 6.45) is 0. The first kappa shape index (κ1) is 12.3. The normalized spacial score (nSPS) is 10.6. The molecule has 0 radical (unpaired) electrons. The number of nitrogens with zero attached hydrogens (tertiary/aromatic N) is 1. The Hall–Kier alpha value is -1.75. The van der Waals surface area contributed by atoms with E-state index in [2.05, 4.69) is 0 Å². The fraction of sp³-hybridized carbons (Fsp3) is 0.364. The van der Waals surface area contributed by atoms with Gasteiger partial charge < -0.3 is 15.3 Å². The van der Waals surface area contributed by atoms with Crippen molar-refractivity contribution in [1.82, 2.24) is 4.90 Å². The van der Waals surface area contributed by atoms with Crippen molar-refractivity contribution >= 4 is 5.97 Å². The number of hydrogen-bond acceptors (Lipinski definition) is 4. The van der Waals surface area contributed by atoms with Gasteiger partial charge in [-0.25, -0.2) is 0 Å². The number of carboxylic acid groups (broad SMARTS) is 1. The van der Waals surface area contributed by atoms with Gasteiger partial charge in [0, 0.05) is 6.54 Å². The summed E-state index contributed by atoms with van der Waals surface area (Å²) in [6, 6.07) is 4.47. The summed E-state index contributed by atoms with van der Waals surface area (Å²) in [5.41, 5.74) is 0.762. The second-order valence-electron chi connectivity index (χ2n) is 3.52. The van der Waals surface area contributed by atoms with Gasteiger partial charge in [0.2, 0.25) is 0 Å². The number of benzene rings is 1. The van der Waals surface area contributed by atoms with Crippen LogP contribution in [0, 0.1) is 0 Å². The molecule has 0 amide bonds. The zero-order valence-electron chi connectivity index (χ0n) is 9.05. The average molecular weight is 225 g/mol. The van der Waals surface area contributed by atoms with E-state index < -0.39 is 5.97 Å². The SMILES string of the molecule is CCN(CC(=O)O)Cc1ccc(O)c(O)c1. The molecule has 3 N–H and O–H groups in total. The summed E-state index contributed by atoms with van der Waals surface area (Å²) >= 11 is 0. The van der Waals surface area contributed by atoms with Gasteiger partial charge in [-0.05, 0) is 24.2 Å². The molecule has 1 rings (SSSR count). The lowest BCUT2D eigenvalue weighted by molar-refractivity contribution is -0.138. The van der Waals surface area contributed by atoms with Crippen molar-refractivity contribution in [3.63, 3.8) is 0 Å². The lowest BCUT2D eigenvalue weighted by Crippen LogP contribution is -2.28. The van der Waals surface area contributed by atoms with Crippen LogP contribution < -0.4 is 0 Å². The number of aromatic hydroxyl groups is 2. The maximum atomic E-state index is 10.5. The molecule has 16 heavy (non-hydrogen) atoms. The molecule has 0 bridgehead atoms. The lowest BCUT2D eigenvalue weighted by atomic mass is 10.2. The van der Waals surface area contributed by atoms with Crippen LogP contribution in [0.25, 0.3) is 0 Å². The van der Waals surface area contributed by atoms with Crippen LogP contribution in [0.2, 0.25) is 0 Å². The molecule has 0 unspecified atom stereocenters. The smallest absolute Gasteiger partial charge is 0.317 e. The Morgan fingerprint density at radius 1 is 1.31 bits per heavy atom. The van der Waals surface area contributed by atoms with Gasteiger partial charge in [-0.15, -0.1) is 0 Å². The molecule has 5 nitrogen and oxygen atoms in total. The van der Waals surface area contributed by atoms with Gasteiger partial charge in [-0.2, -0.15) is 0 Å². The minimum atomic E-state index is -0.884. The fourth-order valence-corrected chi connectivity index (χ4v) is 1.40. The van der Waals surface area contributed by atoms with Gasteiger partial charge >= 0.3 is 5.97 Å². The van der Waals surface area contributed by atoms with Crippen molar-refractivity contribution in [2.24, 2.45) is 0 Å². The van der Waals surface area contributed by atoms with E-state index in [1.165, 1.54) is 12.1 Å². The number of hydrogen-bond donors (Lipinski definition) is 3. The van der Waals surface area contributed by atoms with Crippen LogP contribution in [0.5, 0.6) is 11.5 Å². The van der Waals surface area contributed by atoms with E-state index >= 15 is 0 Å². The van der Waals surface area contributed by atoms with E-state index in [1.807, 2.05) is 6.92 Å². The van der Waals surface area contributed by atoms with E-state index in [1.54, 1.807) is 11.0 Å². The third-order valence-corrected chi connectivity index (χ3v) is 2.25. The topological polar surface area (TPSA) is 81.0 Å². The van der Waals surface area contributed by atoms with Crippen molar-refractivity contribution in [2.75, 3.05) is 13.1 Å². The summed E-state index contributed by atoms with van der Waals surface area (Å²) in [5, 5.41) is 27.1. The first-order valence-electron chi connectivity index (χ1n) is 4.98. The third kappa shape index (κ3) is 3.43. The van der Waals surface area contributed by atoms with E-state index in [0.717, 1.165) is 5.56 Å². The molecule has 0 atom stereocenters. The first-order chi connectivity index (χ1) is 7.52. The van der Waals surface area contributed by atoms with Crippen LogP contribution in [0.3, 0.4) is 0 Å². The predicted molar refractivity (Wildman–Crippen MR) is 58.4 cm³/mol. The average Bonchev–Trinajstić information content (AvgIpc) is 2.22. The van der Waals surface area contributed by atoms with E-state index in [4.69, 9.17) is 10.2 Å². The fourth-order valence-electron chi connectivity index (χ4n) is 1.40. The molecular formula is C11H15NO4. The lowest BCUT2D eigenvalue weighted by Gasteiger charge is -2.18. The monoisotopic (exact) mass is 225 g/mol. The van der Waals surface area contributed by atoms with Crippen LogP contribution in [0.4, 0.5) is 0 Å². The van der Waals surface area contributed by atoms with Gasteiger partial charge in [0.15, 0.2) is 11.5 Å². The zero-order valence-corrected chi connectivity index (χ0v) is 9.05. The number of phenols is 2. The molecule has 1 aromatic rings. The van der Waals surface area contributed by atoms with E-state index in [0.29, 0.717) is 13.1 Å². The van der Waals surface area contributed by atoms with Gasteiger partial charge in [0.05, 0.1) is 6.54 Å². The quantitative estimate of drug-likeness (QED) is 0.651. The van der Waals surface area contributed by atoms with Crippen molar-refractivity contribution < 1.29 is 20.1 Å². The Kier molecular flexibility index (Phi) is 4.13. The molecule has 0 aliphatic heterocycles. The molecule has 0 aromatic heterocycles. The highest BCUT2D eigenvalue weighted by molar-refractivity contribution is 5.69. The summed E-state index contributed by atoms with van der Waals surface area (Å²) in [6.45, 7) is 2.85. The summed E-state index contributed by atoms with van der Waals surface area (Å²) in [7, 11) is 0. The Morgan fingerprint density at radius 3 is 2.50 bits per heavy atom. The molecule has 0 aliphatic carbocycles. The standard InChI is InChI=1S/C11H15NO4/c1-2-12(7-11(15)16)6-8-3-4-9(13)10(14)5-8/h3-5,13-14H,2,6-7H2,1H3,(H,15,16).